The average molecular weight is 273 g/mol. The standard InChI is InChI=1S/C13H14F3NO2/c14-13(15,16)9-1-2-10(11(18)7-9)12(19)8-3-5-17-6-4-8/h1-2,7-8,17-18H,3-6H2. The molecule has 1 aromatic rings. The fourth-order valence-corrected chi connectivity index (χ4v) is 2.22. The van der Waals surface area contributed by atoms with Crippen LogP contribution in [0.1, 0.15) is 28.8 Å². The van der Waals surface area contributed by atoms with Crippen LogP contribution in [0, 0.1) is 5.92 Å². The molecule has 0 aromatic heterocycles. The van der Waals surface area contributed by atoms with Crippen molar-refractivity contribution >= 4 is 5.78 Å². The molecule has 0 radical (unpaired) electrons. The fraction of sp³-hybridized carbons (Fsp3) is 0.462. The van der Waals surface area contributed by atoms with Crippen molar-refractivity contribution in [2.24, 2.45) is 5.92 Å². The predicted octanol–water partition coefficient (Wildman–Crippen LogP) is 2.59. The van der Waals surface area contributed by atoms with E-state index in [4.69, 9.17) is 0 Å². The number of Topliss-reactive ketones (excluding diaryl/α,β-unsaturated/α-hetero) is 1. The third-order valence-electron chi connectivity index (χ3n) is 3.30. The number of alkyl halides is 3. The lowest BCUT2D eigenvalue weighted by molar-refractivity contribution is -0.137. The molecule has 0 saturated carbocycles. The second-order valence-electron chi connectivity index (χ2n) is 4.62. The molecule has 0 atom stereocenters. The van der Waals surface area contributed by atoms with Gasteiger partial charge in [0, 0.05) is 5.92 Å². The summed E-state index contributed by atoms with van der Waals surface area (Å²) >= 11 is 0. The van der Waals surface area contributed by atoms with E-state index in [-0.39, 0.29) is 17.3 Å². The molecule has 1 aliphatic rings. The maximum atomic E-state index is 12.5. The number of halogens is 3. The number of phenols is 1. The summed E-state index contributed by atoms with van der Waals surface area (Å²) in [6.45, 7) is 1.41. The van der Waals surface area contributed by atoms with Crippen LogP contribution in [0.4, 0.5) is 13.2 Å². The van der Waals surface area contributed by atoms with Crippen molar-refractivity contribution in [1.29, 1.82) is 0 Å². The molecule has 104 valence electrons. The number of aromatic hydroxyl groups is 1. The average Bonchev–Trinajstić information content (AvgIpc) is 2.38. The Morgan fingerprint density at radius 3 is 2.42 bits per heavy atom. The zero-order chi connectivity index (χ0) is 14.0. The highest BCUT2D eigenvalue weighted by molar-refractivity contribution is 6.00. The minimum atomic E-state index is -4.52. The summed E-state index contributed by atoms with van der Waals surface area (Å²) in [5, 5.41) is 12.7. The molecule has 2 rings (SSSR count). The summed E-state index contributed by atoms with van der Waals surface area (Å²) in [5.41, 5.74) is -0.980. The Hall–Kier alpha value is -1.56. The van der Waals surface area contributed by atoms with Gasteiger partial charge >= 0.3 is 6.18 Å². The molecule has 1 saturated heterocycles. The minimum Gasteiger partial charge on any atom is -0.507 e. The minimum absolute atomic E-state index is 0.0279. The second kappa shape index (κ2) is 5.21. The molecule has 0 bridgehead atoms. The first-order valence-electron chi connectivity index (χ1n) is 6.04. The highest BCUT2D eigenvalue weighted by Crippen LogP contribution is 2.33. The van der Waals surface area contributed by atoms with Gasteiger partial charge in [0.2, 0.25) is 0 Å². The van der Waals surface area contributed by atoms with E-state index in [9.17, 15) is 23.1 Å². The van der Waals surface area contributed by atoms with E-state index in [2.05, 4.69) is 5.32 Å². The van der Waals surface area contributed by atoms with Crippen molar-refractivity contribution in [2.75, 3.05) is 13.1 Å². The maximum absolute atomic E-state index is 12.5. The number of carbonyl (C=O) groups excluding carboxylic acids is 1. The molecule has 1 aromatic carbocycles. The van der Waals surface area contributed by atoms with E-state index in [0.717, 1.165) is 12.1 Å². The van der Waals surface area contributed by atoms with E-state index in [0.29, 0.717) is 32.0 Å². The van der Waals surface area contributed by atoms with E-state index in [1.54, 1.807) is 0 Å². The normalized spacial score (nSPS) is 17.4. The molecule has 19 heavy (non-hydrogen) atoms. The largest absolute Gasteiger partial charge is 0.507 e. The molecule has 1 aliphatic heterocycles. The SMILES string of the molecule is O=C(c1ccc(C(F)(F)F)cc1O)C1CCNCC1. The quantitative estimate of drug-likeness (QED) is 0.814. The van der Waals surface area contributed by atoms with Gasteiger partial charge in [-0.1, -0.05) is 0 Å². The Kier molecular flexibility index (Phi) is 3.80. The number of piperidine rings is 1. The number of benzene rings is 1. The summed E-state index contributed by atoms with van der Waals surface area (Å²) in [5.74, 6) is -1.12. The van der Waals surface area contributed by atoms with Crippen LogP contribution < -0.4 is 5.32 Å². The Bertz CT molecular complexity index is 479. The summed E-state index contributed by atoms with van der Waals surface area (Å²) in [6, 6.07) is 2.49. The van der Waals surface area contributed by atoms with Gasteiger partial charge in [0.15, 0.2) is 5.78 Å². The first-order chi connectivity index (χ1) is 8.89. The van der Waals surface area contributed by atoms with Crippen molar-refractivity contribution < 1.29 is 23.1 Å². The summed E-state index contributed by atoms with van der Waals surface area (Å²) < 4.78 is 37.4. The highest BCUT2D eigenvalue weighted by Gasteiger charge is 2.32. The number of carbonyl (C=O) groups is 1. The predicted molar refractivity (Wildman–Crippen MR) is 63.0 cm³/mol. The highest BCUT2D eigenvalue weighted by atomic mass is 19.4. The smallest absolute Gasteiger partial charge is 0.416 e. The van der Waals surface area contributed by atoms with Crippen LogP contribution in [0.25, 0.3) is 0 Å². The maximum Gasteiger partial charge on any atom is 0.416 e. The number of nitrogens with one attached hydrogen (secondary N) is 1. The van der Waals surface area contributed by atoms with Gasteiger partial charge in [-0.05, 0) is 44.1 Å². The van der Waals surface area contributed by atoms with Crippen molar-refractivity contribution in [3.63, 3.8) is 0 Å². The van der Waals surface area contributed by atoms with Crippen LogP contribution in [-0.4, -0.2) is 24.0 Å². The lowest BCUT2D eigenvalue weighted by atomic mass is 9.89. The van der Waals surface area contributed by atoms with Gasteiger partial charge in [-0.15, -0.1) is 0 Å². The third-order valence-corrected chi connectivity index (χ3v) is 3.30. The zero-order valence-corrected chi connectivity index (χ0v) is 10.1. The van der Waals surface area contributed by atoms with Gasteiger partial charge in [-0.25, -0.2) is 0 Å². The second-order valence-corrected chi connectivity index (χ2v) is 4.62. The van der Waals surface area contributed by atoms with Gasteiger partial charge in [-0.3, -0.25) is 4.79 Å². The van der Waals surface area contributed by atoms with Crippen molar-refractivity contribution in [2.45, 2.75) is 19.0 Å². The summed E-state index contributed by atoms with van der Waals surface area (Å²) in [6.07, 6.45) is -3.24. The van der Waals surface area contributed by atoms with Crippen LogP contribution in [0.3, 0.4) is 0 Å². The van der Waals surface area contributed by atoms with Gasteiger partial charge in [0.05, 0.1) is 11.1 Å². The third kappa shape index (κ3) is 3.07. The number of hydrogen-bond acceptors (Lipinski definition) is 3. The Labute approximate surface area is 108 Å². The number of phenolic OH excluding ortho intramolecular Hbond substituents is 1. The van der Waals surface area contributed by atoms with Crippen LogP contribution >= 0.6 is 0 Å². The molecule has 0 spiro atoms. The molecule has 2 N–H and O–H groups in total. The van der Waals surface area contributed by atoms with E-state index >= 15 is 0 Å². The van der Waals surface area contributed by atoms with Crippen LogP contribution in [0.5, 0.6) is 5.75 Å². The number of rotatable bonds is 2. The molecular weight excluding hydrogens is 259 g/mol. The molecular formula is C13H14F3NO2. The topological polar surface area (TPSA) is 49.3 Å². The molecule has 1 heterocycles. The van der Waals surface area contributed by atoms with Gasteiger partial charge in [0.25, 0.3) is 0 Å². The molecule has 0 amide bonds. The van der Waals surface area contributed by atoms with E-state index in [1.807, 2.05) is 0 Å². The zero-order valence-electron chi connectivity index (χ0n) is 10.1. The molecule has 0 aliphatic carbocycles. The summed E-state index contributed by atoms with van der Waals surface area (Å²) in [7, 11) is 0. The Balaban J connectivity index is 2.23. The van der Waals surface area contributed by atoms with Gasteiger partial charge < -0.3 is 10.4 Å². The van der Waals surface area contributed by atoms with E-state index < -0.39 is 17.5 Å². The first kappa shape index (κ1) is 13.9. The Morgan fingerprint density at radius 2 is 1.89 bits per heavy atom. The molecule has 3 nitrogen and oxygen atoms in total. The van der Waals surface area contributed by atoms with Crippen LogP contribution in [0.15, 0.2) is 18.2 Å². The lowest BCUT2D eigenvalue weighted by Crippen LogP contribution is -2.31. The van der Waals surface area contributed by atoms with Gasteiger partial charge in [-0.2, -0.15) is 13.2 Å². The fourth-order valence-electron chi connectivity index (χ4n) is 2.22. The van der Waals surface area contributed by atoms with Crippen LogP contribution in [0.2, 0.25) is 0 Å². The molecule has 0 unspecified atom stereocenters. The monoisotopic (exact) mass is 273 g/mol. The van der Waals surface area contributed by atoms with E-state index in [1.165, 1.54) is 0 Å². The molecule has 6 heteroatoms. The lowest BCUT2D eigenvalue weighted by Gasteiger charge is -2.21. The number of ketones is 1. The molecule has 1 fully saturated rings. The van der Waals surface area contributed by atoms with Crippen molar-refractivity contribution in [3.8, 4) is 5.75 Å². The van der Waals surface area contributed by atoms with Crippen LogP contribution in [-0.2, 0) is 6.18 Å². The first-order valence-corrected chi connectivity index (χ1v) is 6.04. The van der Waals surface area contributed by atoms with Crippen molar-refractivity contribution in [1.82, 2.24) is 5.32 Å². The Morgan fingerprint density at radius 1 is 1.26 bits per heavy atom. The summed E-state index contributed by atoms with van der Waals surface area (Å²) in [4.78, 5) is 12.1. The van der Waals surface area contributed by atoms with Crippen molar-refractivity contribution in [3.05, 3.63) is 29.3 Å². The van der Waals surface area contributed by atoms with Gasteiger partial charge in [0.1, 0.15) is 5.75 Å². The number of hydrogen-bond donors (Lipinski definition) is 2.